The lowest BCUT2D eigenvalue weighted by molar-refractivity contribution is -0.129. The van der Waals surface area contributed by atoms with Crippen molar-refractivity contribution in [1.29, 1.82) is 0 Å². The van der Waals surface area contributed by atoms with Gasteiger partial charge in [0.1, 0.15) is 11.4 Å². The molecule has 0 aromatic heterocycles. The van der Waals surface area contributed by atoms with Crippen LogP contribution in [0.15, 0.2) is 42.5 Å². The van der Waals surface area contributed by atoms with E-state index in [-0.39, 0.29) is 35.9 Å². The van der Waals surface area contributed by atoms with Gasteiger partial charge in [-0.1, -0.05) is 30.3 Å². The lowest BCUT2D eigenvalue weighted by atomic mass is 9.77. The fourth-order valence-corrected chi connectivity index (χ4v) is 6.51. The molecule has 1 atom stereocenters. The Labute approximate surface area is 284 Å². The maximum Gasteiger partial charge on any atom is 0.494 e. The van der Waals surface area contributed by atoms with Gasteiger partial charge in [0.25, 0.3) is 0 Å². The molecule has 0 bridgehead atoms. The fraction of sp³-hybridized carbons (Fsp3) is 0.568. The Morgan fingerprint density at radius 3 is 2.25 bits per heavy atom. The number of ketones is 1. The summed E-state index contributed by atoms with van der Waals surface area (Å²) in [4.78, 5) is 51.4. The van der Waals surface area contributed by atoms with Gasteiger partial charge in [-0.25, -0.2) is 4.79 Å². The maximum atomic E-state index is 13.8. The number of hydrogen-bond acceptors (Lipinski definition) is 7. The van der Waals surface area contributed by atoms with Crippen LogP contribution in [0.5, 0.6) is 0 Å². The molecule has 1 saturated carbocycles. The highest BCUT2D eigenvalue weighted by Crippen LogP contribution is 2.37. The average Bonchev–Trinajstić information content (AvgIpc) is 3.48. The van der Waals surface area contributed by atoms with Crippen molar-refractivity contribution in [2.75, 3.05) is 17.2 Å². The third kappa shape index (κ3) is 8.85. The number of benzene rings is 2. The van der Waals surface area contributed by atoms with Gasteiger partial charge in [0.2, 0.25) is 11.8 Å². The molecule has 2 heterocycles. The summed E-state index contributed by atoms with van der Waals surface area (Å²) in [5, 5.41) is 8.69. The SMILES string of the molecule is CC(C)(C)OC(=O)NCC1CCC(C(=O)C[C@@H](Cc2ccc(B3OC(C)(C)C(C)(C)O3)cc2)C(=O)Nc2ccc3c(c2)NC(=O)C3)CC1. The highest BCUT2D eigenvalue weighted by Gasteiger charge is 2.51. The Hall–Kier alpha value is -3.70. The molecule has 11 heteroatoms. The van der Waals surface area contributed by atoms with Crippen molar-refractivity contribution in [2.24, 2.45) is 17.8 Å². The van der Waals surface area contributed by atoms with Crippen LogP contribution in [0.3, 0.4) is 0 Å². The molecule has 5 rings (SSSR count). The molecule has 1 saturated heterocycles. The number of alkyl carbamates (subject to hydrolysis) is 1. The van der Waals surface area contributed by atoms with Crippen LogP contribution in [-0.2, 0) is 41.3 Å². The van der Waals surface area contributed by atoms with E-state index in [1.165, 1.54) is 0 Å². The summed E-state index contributed by atoms with van der Waals surface area (Å²) in [6.07, 6.45) is 3.50. The number of amides is 3. The van der Waals surface area contributed by atoms with Crippen molar-refractivity contribution in [3.05, 3.63) is 53.6 Å². The number of hydrogen-bond donors (Lipinski definition) is 3. The molecule has 3 aliphatic rings. The molecule has 3 amide bonds. The number of anilines is 2. The second kappa shape index (κ2) is 14.0. The van der Waals surface area contributed by atoms with Gasteiger partial charge in [0.15, 0.2) is 0 Å². The van der Waals surface area contributed by atoms with Gasteiger partial charge in [-0.2, -0.15) is 0 Å². The van der Waals surface area contributed by atoms with Gasteiger partial charge in [0.05, 0.1) is 17.6 Å². The molecule has 2 fully saturated rings. The van der Waals surface area contributed by atoms with Crippen LogP contribution in [0.4, 0.5) is 16.2 Å². The van der Waals surface area contributed by atoms with E-state index >= 15 is 0 Å². The highest BCUT2D eigenvalue weighted by molar-refractivity contribution is 6.62. The van der Waals surface area contributed by atoms with Gasteiger partial charge >= 0.3 is 13.2 Å². The zero-order valence-corrected chi connectivity index (χ0v) is 29.4. The van der Waals surface area contributed by atoms with Crippen molar-refractivity contribution in [1.82, 2.24) is 5.32 Å². The van der Waals surface area contributed by atoms with Gasteiger partial charge in [-0.05, 0) is 115 Å². The molecule has 0 spiro atoms. The van der Waals surface area contributed by atoms with E-state index in [4.69, 9.17) is 14.0 Å². The number of ether oxygens (including phenoxy) is 1. The Morgan fingerprint density at radius 1 is 0.979 bits per heavy atom. The Morgan fingerprint density at radius 2 is 1.62 bits per heavy atom. The van der Waals surface area contributed by atoms with E-state index < -0.39 is 35.9 Å². The monoisotopic (exact) mass is 659 g/mol. The van der Waals surface area contributed by atoms with Gasteiger partial charge < -0.3 is 30.0 Å². The van der Waals surface area contributed by atoms with Gasteiger partial charge in [-0.3, -0.25) is 14.4 Å². The molecule has 10 nitrogen and oxygen atoms in total. The summed E-state index contributed by atoms with van der Waals surface area (Å²) in [6.45, 7) is 14.1. The molecule has 48 heavy (non-hydrogen) atoms. The van der Waals surface area contributed by atoms with Crippen molar-refractivity contribution in [3.8, 4) is 0 Å². The standard InChI is InChI=1S/C37H50BN3O7/c1-35(2,3)46-34(45)39-22-24-8-12-25(13-9-24)31(42)19-27(33(44)40-29-17-14-26-20-32(43)41-30(26)21-29)18-23-10-15-28(16-11-23)38-47-36(4,5)37(6,7)48-38/h10-11,14-17,21,24-25,27H,8-9,12-13,18-20,22H2,1-7H3,(H,39,45)(H,40,44)(H,41,43)/t24?,25?,27-/m1/s1. The quantitative estimate of drug-likeness (QED) is 0.284. The van der Waals surface area contributed by atoms with Gasteiger partial charge in [-0.15, -0.1) is 0 Å². The third-order valence-electron chi connectivity index (χ3n) is 10.0. The second-order valence-electron chi connectivity index (χ2n) is 15.6. The first-order valence-electron chi connectivity index (χ1n) is 17.2. The van der Waals surface area contributed by atoms with E-state index in [1.807, 2.05) is 78.8 Å². The minimum Gasteiger partial charge on any atom is -0.444 e. The molecule has 2 aliphatic heterocycles. The lowest BCUT2D eigenvalue weighted by Gasteiger charge is -2.32. The molecule has 258 valence electrons. The molecular weight excluding hydrogens is 609 g/mol. The largest absolute Gasteiger partial charge is 0.494 e. The van der Waals surface area contributed by atoms with Crippen LogP contribution < -0.4 is 21.4 Å². The minimum atomic E-state index is -0.588. The van der Waals surface area contributed by atoms with Crippen molar-refractivity contribution in [3.63, 3.8) is 0 Å². The van der Waals surface area contributed by atoms with E-state index in [0.29, 0.717) is 30.8 Å². The second-order valence-corrected chi connectivity index (χ2v) is 15.6. The predicted octanol–water partition coefficient (Wildman–Crippen LogP) is 5.57. The molecule has 2 aromatic carbocycles. The first-order valence-corrected chi connectivity index (χ1v) is 17.2. The van der Waals surface area contributed by atoms with Crippen LogP contribution in [0, 0.1) is 17.8 Å². The number of Topliss-reactive ketones (excluding diaryl/α,β-unsaturated/α-hetero) is 1. The molecule has 2 aromatic rings. The zero-order chi connectivity index (χ0) is 34.9. The van der Waals surface area contributed by atoms with Gasteiger partial charge in [0, 0.05) is 36.2 Å². The van der Waals surface area contributed by atoms with Crippen LogP contribution in [0.1, 0.15) is 91.7 Å². The van der Waals surface area contributed by atoms with E-state index in [0.717, 1.165) is 42.3 Å². The number of fused-ring (bicyclic) bond motifs is 1. The van der Waals surface area contributed by atoms with E-state index in [1.54, 1.807) is 12.1 Å². The van der Waals surface area contributed by atoms with Crippen molar-refractivity contribution < 1.29 is 33.2 Å². The summed E-state index contributed by atoms with van der Waals surface area (Å²) < 4.78 is 17.8. The summed E-state index contributed by atoms with van der Waals surface area (Å²) in [7, 11) is -0.487. The Bertz CT molecular complexity index is 1510. The lowest BCUT2D eigenvalue weighted by Crippen LogP contribution is -2.41. The number of carbonyl (C=O) groups is 4. The smallest absolute Gasteiger partial charge is 0.444 e. The summed E-state index contributed by atoms with van der Waals surface area (Å²) in [5.74, 6) is -0.657. The van der Waals surface area contributed by atoms with E-state index in [2.05, 4.69) is 16.0 Å². The van der Waals surface area contributed by atoms with Crippen LogP contribution in [-0.4, -0.2) is 54.2 Å². The van der Waals surface area contributed by atoms with Crippen molar-refractivity contribution >= 4 is 47.6 Å². The highest BCUT2D eigenvalue weighted by atomic mass is 16.7. The molecule has 0 unspecified atom stereocenters. The topological polar surface area (TPSA) is 132 Å². The molecule has 3 N–H and O–H groups in total. The first kappa shape index (κ1) is 35.6. The normalized spacial score (nSPS) is 22.0. The summed E-state index contributed by atoms with van der Waals surface area (Å²) in [5.41, 5.74) is 2.54. The fourth-order valence-electron chi connectivity index (χ4n) is 6.51. The average molecular weight is 660 g/mol. The zero-order valence-electron chi connectivity index (χ0n) is 29.4. The minimum absolute atomic E-state index is 0.0729. The van der Waals surface area contributed by atoms with Crippen LogP contribution >= 0.6 is 0 Å². The van der Waals surface area contributed by atoms with Crippen molar-refractivity contribution in [2.45, 2.75) is 110 Å². The molecular formula is C37H50BN3O7. The third-order valence-corrected chi connectivity index (χ3v) is 10.0. The van der Waals surface area contributed by atoms with Crippen LogP contribution in [0.2, 0.25) is 0 Å². The molecule has 0 radical (unpaired) electrons. The first-order chi connectivity index (χ1) is 22.5. The molecule has 1 aliphatic carbocycles. The summed E-state index contributed by atoms with van der Waals surface area (Å²) in [6, 6.07) is 13.3. The number of carbonyl (C=O) groups excluding carboxylic acids is 4. The predicted molar refractivity (Wildman–Crippen MR) is 186 cm³/mol. The Kier molecular flexibility index (Phi) is 10.4. The maximum absolute atomic E-state index is 13.8. The summed E-state index contributed by atoms with van der Waals surface area (Å²) >= 11 is 0. The Balaban J connectivity index is 1.23. The number of rotatable bonds is 10. The number of nitrogens with one attached hydrogen (secondary N) is 3. The van der Waals surface area contributed by atoms with Crippen LogP contribution in [0.25, 0.3) is 0 Å². The van der Waals surface area contributed by atoms with E-state index in [9.17, 15) is 19.2 Å².